The van der Waals surface area contributed by atoms with Crippen molar-refractivity contribution in [1.29, 1.82) is 0 Å². The molecule has 1 atom stereocenters. The highest BCUT2D eigenvalue weighted by Gasteiger charge is 2.09. The van der Waals surface area contributed by atoms with Crippen LogP contribution in [-0.2, 0) is 6.42 Å². The first kappa shape index (κ1) is 14.6. The predicted octanol–water partition coefficient (Wildman–Crippen LogP) is 5.64. The molecule has 2 rings (SSSR count). The highest BCUT2D eigenvalue weighted by molar-refractivity contribution is 9.11. The van der Waals surface area contributed by atoms with E-state index >= 15 is 0 Å². The minimum absolute atomic E-state index is 0.438. The number of anilines is 1. The van der Waals surface area contributed by atoms with Gasteiger partial charge in [-0.3, -0.25) is 0 Å². The molecule has 2 aromatic rings. The van der Waals surface area contributed by atoms with Gasteiger partial charge in [0, 0.05) is 20.7 Å². The standard InChI is InChI=1S/C16H17Br2N/c1-2-14(10-12-6-4-3-5-7-12)19-16-11-13(17)8-9-15(16)18/h3-9,11,14,19H,2,10H2,1H3. The first-order chi connectivity index (χ1) is 9.19. The van der Waals surface area contributed by atoms with Crippen LogP contribution in [0, 0.1) is 0 Å². The van der Waals surface area contributed by atoms with Crippen molar-refractivity contribution in [2.24, 2.45) is 0 Å². The highest BCUT2D eigenvalue weighted by Crippen LogP contribution is 2.27. The molecule has 0 saturated carbocycles. The van der Waals surface area contributed by atoms with E-state index in [1.54, 1.807) is 0 Å². The van der Waals surface area contributed by atoms with Gasteiger partial charge in [-0.05, 0) is 52.5 Å². The SMILES string of the molecule is CCC(Cc1ccccc1)Nc1cc(Br)ccc1Br. The summed E-state index contributed by atoms with van der Waals surface area (Å²) in [6, 6.07) is 17.2. The minimum atomic E-state index is 0.438. The molecule has 0 saturated heterocycles. The lowest BCUT2D eigenvalue weighted by Crippen LogP contribution is -2.21. The molecule has 0 aliphatic rings. The Hall–Kier alpha value is -0.800. The molecule has 0 amide bonds. The molecule has 0 heterocycles. The van der Waals surface area contributed by atoms with Crippen molar-refractivity contribution in [3.05, 3.63) is 63.0 Å². The predicted molar refractivity (Wildman–Crippen MR) is 89.7 cm³/mol. The molecule has 0 aliphatic heterocycles. The fraction of sp³-hybridized carbons (Fsp3) is 0.250. The second kappa shape index (κ2) is 7.11. The van der Waals surface area contributed by atoms with Crippen molar-refractivity contribution < 1.29 is 0 Å². The molecule has 1 N–H and O–H groups in total. The highest BCUT2D eigenvalue weighted by atomic mass is 79.9. The molecule has 0 fully saturated rings. The summed E-state index contributed by atoms with van der Waals surface area (Å²) in [4.78, 5) is 0. The molecule has 19 heavy (non-hydrogen) atoms. The van der Waals surface area contributed by atoms with Gasteiger partial charge in [0.2, 0.25) is 0 Å². The lowest BCUT2D eigenvalue weighted by Gasteiger charge is -2.19. The van der Waals surface area contributed by atoms with E-state index in [9.17, 15) is 0 Å². The van der Waals surface area contributed by atoms with Gasteiger partial charge in [0.1, 0.15) is 0 Å². The lowest BCUT2D eigenvalue weighted by molar-refractivity contribution is 0.690. The van der Waals surface area contributed by atoms with Gasteiger partial charge in [-0.1, -0.05) is 53.2 Å². The van der Waals surface area contributed by atoms with Crippen molar-refractivity contribution in [2.75, 3.05) is 5.32 Å². The fourth-order valence-electron chi connectivity index (χ4n) is 2.02. The first-order valence-electron chi connectivity index (χ1n) is 6.44. The third-order valence-corrected chi connectivity index (χ3v) is 4.29. The number of hydrogen-bond acceptors (Lipinski definition) is 1. The summed E-state index contributed by atoms with van der Waals surface area (Å²) in [5, 5.41) is 3.61. The van der Waals surface area contributed by atoms with Crippen LogP contribution in [-0.4, -0.2) is 6.04 Å². The monoisotopic (exact) mass is 381 g/mol. The van der Waals surface area contributed by atoms with Crippen LogP contribution in [0.5, 0.6) is 0 Å². The molecule has 0 aromatic heterocycles. The van der Waals surface area contributed by atoms with E-state index in [1.165, 1.54) is 5.56 Å². The Kier molecular flexibility index (Phi) is 5.46. The molecule has 0 radical (unpaired) electrons. The van der Waals surface area contributed by atoms with Crippen molar-refractivity contribution in [1.82, 2.24) is 0 Å². The minimum Gasteiger partial charge on any atom is -0.381 e. The molecular weight excluding hydrogens is 366 g/mol. The summed E-state index contributed by atoms with van der Waals surface area (Å²) in [5.41, 5.74) is 2.50. The lowest BCUT2D eigenvalue weighted by atomic mass is 10.0. The van der Waals surface area contributed by atoms with Crippen LogP contribution in [0.4, 0.5) is 5.69 Å². The van der Waals surface area contributed by atoms with E-state index in [0.29, 0.717) is 6.04 Å². The maximum absolute atomic E-state index is 3.61. The molecule has 3 heteroatoms. The van der Waals surface area contributed by atoms with Crippen LogP contribution in [0.15, 0.2) is 57.5 Å². The summed E-state index contributed by atoms with van der Waals surface area (Å²) < 4.78 is 2.19. The number of hydrogen-bond donors (Lipinski definition) is 1. The van der Waals surface area contributed by atoms with Crippen LogP contribution in [0.1, 0.15) is 18.9 Å². The Morgan fingerprint density at radius 2 is 1.79 bits per heavy atom. The van der Waals surface area contributed by atoms with Crippen molar-refractivity contribution in [2.45, 2.75) is 25.8 Å². The van der Waals surface area contributed by atoms with E-state index in [4.69, 9.17) is 0 Å². The van der Waals surface area contributed by atoms with Gasteiger partial charge in [-0.25, -0.2) is 0 Å². The first-order valence-corrected chi connectivity index (χ1v) is 8.03. The fourth-order valence-corrected chi connectivity index (χ4v) is 2.75. The average molecular weight is 383 g/mol. The maximum atomic E-state index is 3.61. The van der Waals surface area contributed by atoms with Gasteiger partial charge in [0.05, 0.1) is 0 Å². The van der Waals surface area contributed by atoms with Crippen molar-refractivity contribution in [3.8, 4) is 0 Å². The van der Waals surface area contributed by atoms with Crippen molar-refractivity contribution in [3.63, 3.8) is 0 Å². The van der Waals surface area contributed by atoms with E-state index in [1.807, 2.05) is 6.07 Å². The molecule has 0 bridgehead atoms. The second-order valence-electron chi connectivity index (χ2n) is 4.56. The van der Waals surface area contributed by atoms with Gasteiger partial charge in [0.25, 0.3) is 0 Å². The van der Waals surface area contributed by atoms with Crippen LogP contribution in [0.25, 0.3) is 0 Å². The largest absolute Gasteiger partial charge is 0.381 e. The number of benzene rings is 2. The van der Waals surface area contributed by atoms with Crippen LogP contribution < -0.4 is 5.32 Å². The van der Waals surface area contributed by atoms with E-state index < -0.39 is 0 Å². The summed E-state index contributed by atoms with van der Waals surface area (Å²) in [5.74, 6) is 0. The third kappa shape index (κ3) is 4.36. The zero-order valence-electron chi connectivity index (χ0n) is 10.9. The van der Waals surface area contributed by atoms with Crippen LogP contribution in [0.3, 0.4) is 0 Å². The van der Waals surface area contributed by atoms with Gasteiger partial charge in [-0.15, -0.1) is 0 Å². The normalized spacial score (nSPS) is 12.2. The molecular formula is C16H17Br2N. The van der Waals surface area contributed by atoms with Gasteiger partial charge in [-0.2, -0.15) is 0 Å². The molecule has 1 unspecified atom stereocenters. The Morgan fingerprint density at radius 3 is 2.47 bits per heavy atom. The van der Waals surface area contributed by atoms with E-state index in [-0.39, 0.29) is 0 Å². The average Bonchev–Trinajstić information content (AvgIpc) is 2.43. The van der Waals surface area contributed by atoms with Gasteiger partial charge < -0.3 is 5.32 Å². The topological polar surface area (TPSA) is 12.0 Å². The molecule has 100 valence electrons. The number of rotatable bonds is 5. The maximum Gasteiger partial charge on any atom is 0.0498 e. The van der Waals surface area contributed by atoms with Gasteiger partial charge >= 0.3 is 0 Å². The summed E-state index contributed by atoms with van der Waals surface area (Å²) >= 11 is 7.10. The Balaban J connectivity index is 2.09. The number of halogens is 2. The van der Waals surface area contributed by atoms with Crippen LogP contribution >= 0.6 is 31.9 Å². The molecule has 1 nitrogen and oxygen atoms in total. The summed E-state index contributed by atoms with van der Waals surface area (Å²) in [6.45, 7) is 2.21. The second-order valence-corrected chi connectivity index (χ2v) is 6.33. The quantitative estimate of drug-likeness (QED) is 0.704. The summed E-state index contributed by atoms with van der Waals surface area (Å²) in [6.07, 6.45) is 2.13. The van der Waals surface area contributed by atoms with Crippen molar-refractivity contribution >= 4 is 37.5 Å². The zero-order chi connectivity index (χ0) is 13.7. The Labute approximate surface area is 131 Å². The molecule has 0 aliphatic carbocycles. The van der Waals surface area contributed by atoms with E-state index in [0.717, 1.165) is 27.5 Å². The summed E-state index contributed by atoms with van der Waals surface area (Å²) in [7, 11) is 0. The smallest absolute Gasteiger partial charge is 0.0498 e. The number of nitrogens with one attached hydrogen (secondary N) is 1. The van der Waals surface area contributed by atoms with Crippen LogP contribution in [0.2, 0.25) is 0 Å². The Morgan fingerprint density at radius 1 is 1.05 bits per heavy atom. The Bertz CT molecular complexity index is 526. The zero-order valence-corrected chi connectivity index (χ0v) is 14.0. The van der Waals surface area contributed by atoms with Gasteiger partial charge in [0.15, 0.2) is 0 Å². The molecule has 2 aromatic carbocycles. The third-order valence-electron chi connectivity index (χ3n) is 3.11. The van der Waals surface area contributed by atoms with E-state index in [2.05, 4.69) is 86.6 Å². The molecule has 0 spiro atoms.